The zero-order valence-electron chi connectivity index (χ0n) is 15.3. The number of carbonyl (C=O) groups is 2. The van der Waals surface area contributed by atoms with E-state index in [0.29, 0.717) is 36.3 Å². The minimum atomic E-state index is -0.669. The van der Waals surface area contributed by atoms with Crippen molar-refractivity contribution in [3.05, 3.63) is 29.1 Å². The summed E-state index contributed by atoms with van der Waals surface area (Å²) in [5.41, 5.74) is 0.978. The van der Waals surface area contributed by atoms with Gasteiger partial charge < -0.3 is 9.47 Å². The van der Waals surface area contributed by atoms with Crippen molar-refractivity contribution in [3.63, 3.8) is 0 Å². The summed E-state index contributed by atoms with van der Waals surface area (Å²) in [7, 11) is 1.45. The number of halogens is 1. The van der Waals surface area contributed by atoms with Gasteiger partial charge in [0, 0.05) is 23.3 Å². The first kappa shape index (κ1) is 18.4. The molecule has 0 saturated heterocycles. The zero-order chi connectivity index (χ0) is 18.7. The number of hydrogen-bond donors (Lipinski definition) is 0. The Morgan fingerprint density at radius 2 is 1.69 bits per heavy atom. The summed E-state index contributed by atoms with van der Waals surface area (Å²) in [5, 5.41) is 0. The average molecular weight is 361 g/mol. The van der Waals surface area contributed by atoms with Crippen molar-refractivity contribution in [3.8, 4) is 11.5 Å². The van der Waals surface area contributed by atoms with Crippen LogP contribution in [-0.2, 0) is 9.59 Å². The molecule has 0 N–H and O–H groups in total. The van der Waals surface area contributed by atoms with Crippen molar-refractivity contribution in [2.24, 2.45) is 0 Å². The Labute approximate surface area is 152 Å². The van der Waals surface area contributed by atoms with Crippen LogP contribution >= 0.6 is 0 Å². The molecule has 0 saturated carbocycles. The van der Waals surface area contributed by atoms with Crippen LogP contribution in [0.2, 0.25) is 0 Å². The molecule has 0 atom stereocenters. The molecule has 1 aromatic rings. The summed E-state index contributed by atoms with van der Waals surface area (Å²) in [5.74, 6) is -0.910. The molecule has 140 valence electrons. The maximum atomic E-state index is 14.7. The molecule has 2 aliphatic rings. The van der Waals surface area contributed by atoms with Crippen LogP contribution in [-0.4, -0.2) is 25.5 Å². The smallest absolute Gasteiger partial charge is 0.261 e. The molecule has 6 heteroatoms. The van der Waals surface area contributed by atoms with E-state index in [1.165, 1.54) is 19.2 Å². The first-order valence-corrected chi connectivity index (χ1v) is 9.19. The minimum Gasteiger partial charge on any atom is -0.493 e. The number of rotatable bonds is 7. The Hall–Kier alpha value is -2.37. The lowest BCUT2D eigenvalue weighted by Gasteiger charge is -2.19. The zero-order valence-corrected chi connectivity index (χ0v) is 15.3. The summed E-state index contributed by atoms with van der Waals surface area (Å²) in [4.78, 5) is 26.2. The highest BCUT2D eigenvalue weighted by Crippen LogP contribution is 2.40. The molecule has 0 unspecified atom stereocenters. The third-order valence-corrected chi connectivity index (χ3v) is 4.87. The van der Waals surface area contributed by atoms with Gasteiger partial charge in [0.25, 0.3) is 11.8 Å². The maximum absolute atomic E-state index is 14.7. The highest BCUT2D eigenvalue weighted by atomic mass is 19.1. The van der Waals surface area contributed by atoms with Crippen LogP contribution in [0, 0.1) is 5.82 Å². The SMILES string of the molecule is CCCCCOc1cc(F)c(N2C(=O)C3=C(CCCC3)C2=O)cc1OC. The molecule has 0 radical (unpaired) electrons. The Bertz CT molecular complexity index is 728. The van der Waals surface area contributed by atoms with Crippen molar-refractivity contribution in [2.45, 2.75) is 51.9 Å². The van der Waals surface area contributed by atoms with Gasteiger partial charge in [0.1, 0.15) is 0 Å². The molecule has 0 fully saturated rings. The molecule has 1 aliphatic carbocycles. The molecule has 0 spiro atoms. The molecule has 1 aromatic carbocycles. The molecule has 0 aromatic heterocycles. The molecule has 1 heterocycles. The quantitative estimate of drug-likeness (QED) is 0.541. The van der Waals surface area contributed by atoms with Gasteiger partial charge in [0.05, 0.1) is 19.4 Å². The number of imide groups is 1. The summed E-state index contributed by atoms with van der Waals surface area (Å²) in [6.45, 7) is 2.55. The van der Waals surface area contributed by atoms with Gasteiger partial charge in [-0.3, -0.25) is 9.59 Å². The number of benzene rings is 1. The maximum Gasteiger partial charge on any atom is 0.261 e. The van der Waals surface area contributed by atoms with Gasteiger partial charge >= 0.3 is 0 Å². The summed E-state index contributed by atoms with van der Waals surface area (Å²) < 4.78 is 25.6. The number of carbonyl (C=O) groups excluding carboxylic acids is 2. The van der Waals surface area contributed by atoms with Gasteiger partial charge in [-0.2, -0.15) is 0 Å². The second-order valence-electron chi connectivity index (χ2n) is 6.62. The fraction of sp³-hybridized carbons (Fsp3) is 0.500. The summed E-state index contributed by atoms with van der Waals surface area (Å²) in [6.07, 6.45) is 5.86. The van der Waals surface area contributed by atoms with Crippen LogP contribution in [0.5, 0.6) is 11.5 Å². The van der Waals surface area contributed by atoms with Crippen LogP contribution in [0.15, 0.2) is 23.3 Å². The lowest BCUT2D eigenvalue weighted by molar-refractivity contribution is -0.120. The average Bonchev–Trinajstić information content (AvgIpc) is 2.90. The van der Waals surface area contributed by atoms with Crippen molar-refractivity contribution in [1.82, 2.24) is 0 Å². The largest absolute Gasteiger partial charge is 0.493 e. The van der Waals surface area contributed by atoms with E-state index in [4.69, 9.17) is 9.47 Å². The summed E-state index contributed by atoms with van der Waals surface area (Å²) >= 11 is 0. The van der Waals surface area contributed by atoms with Crippen LogP contribution in [0.1, 0.15) is 51.9 Å². The van der Waals surface area contributed by atoms with E-state index in [0.717, 1.165) is 37.0 Å². The van der Waals surface area contributed by atoms with Crippen LogP contribution in [0.25, 0.3) is 0 Å². The molecule has 0 bridgehead atoms. The first-order valence-electron chi connectivity index (χ1n) is 9.19. The van der Waals surface area contributed by atoms with Gasteiger partial charge in [-0.15, -0.1) is 0 Å². The fourth-order valence-corrected chi connectivity index (χ4v) is 3.46. The molecular formula is C20H24FNO4. The molecule has 1 aliphatic heterocycles. The van der Waals surface area contributed by atoms with Gasteiger partial charge in [-0.05, 0) is 32.1 Å². The van der Waals surface area contributed by atoms with E-state index >= 15 is 0 Å². The standard InChI is InChI=1S/C20H24FNO4/c1-3-4-7-10-26-18-11-15(21)16(12-17(18)25-2)22-19(23)13-8-5-6-9-14(13)20(22)24/h11-12H,3-10H2,1-2H3. The van der Waals surface area contributed by atoms with Crippen LogP contribution in [0.4, 0.5) is 10.1 Å². The normalized spacial score (nSPS) is 17.0. The van der Waals surface area contributed by atoms with Crippen LogP contribution in [0.3, 0.4) is 0 Å². The van der Waals surface area contributed by atoms with Crippen molar-refractivity contribution in [1.29, 1.82) is 0 Å². The number of unbranched alkanes of at least 4 members (excludes halogenated alkanes) is 2. The van der Waals surface area contributed by atoms with Gasteiger partial charge in [-0.1, -0.05) is 19.8 Å². The van der Waals surface area contributed by atoms with E-state index in [1.54, 1.807) is 0 Å². The predicted molar refractivity (Wildman–Crippen MR) is 96.0 cm³/mol. The Kier molecular flexibility index (Phi) is 5.59. The van der Waals surface area contributed by atoms with E-state index < -0.39 is 17.6 Å². The topological polar surface area (TPSA) is 55.8 Å². The van der Waals surface area contributed by atoms with E-state index in [1.807, 2.05) is 0 Å². The molecule has 26 heavy (non-hydrogen) atoms. The number of methoxy groups -OCH3 is 1. The van der Waals surface area contributed by atoms with E-state index in [9.17, 15) is 14.0 Å². The van der Waals surface area contributed by atoms with Crippen molar-refractivity contribution < 1.29 is 23.5 Å². The molecular weight excluding hydrogens is 337 g/mol. The van der Waals surface area contributed by atoms with Crippen LogP contribution < -0.4 is 14.4 Å². The molecule has 5 nitrogen and oxygen atoms in total. The van der Waals surface area contributed by atoms with Gasteiger partial charge in [0.2, 0.25) is 0 Å². The highest BCUT2D eigenvalue weighted by Gasteiger charge is 2.41. The third-order valence-electron chi connectivity index (χ3n) is 4.87. The monoisotopic (exact) mass is 361 g/mol. The predicted octanol–water partition coefficient (Wildman–Crippen LogP) is 4.15. The second-order valence-corrected chi connectivity index (χ2v) is 6.62. The molecule has 3 rings (SSSR count). The first-order chi connectivity index (χ1) is 12.6. The lowest BCUT2D eigenvalue weighted by Crippen LogP contribution is -2.32. The second kappa shape index (κ2) is 7.89. The van der Waals surface area contributed by atoms with Gasteiger partial charge in [-0.25, -0.2) is 9.29 Å². The van der Waals surface area contributed by atoms with E-state index in [2.05, 4.69) is 6.92 Å². The lowest BCUT2D eigenvalue weighted by atomic mass is 9.93. The Morgan fingerprint density at radius 3 is 2.27 bits per heavy atom. The summed E-state index contributed by atoms with van der Waals surface area (Å²) in [6, 6.07) is 2.57. The van der Waals surface area contributed by atoms with Crippen molar-refractivity contribution in [2.75, 3.05) is 18.6 Å². The number of nitrogens with zero attached hydrogens (tertiary/aromatic N) is 1. The Morgan fingerprint density at radius 1 is 1.04 bits per heavy atom. The number of hydrogen-bond acceptors (Lipinski definition) is 4. The van der Waals surface area contributed by atoms with E-state index in [-0.39, 0.29) is 11.4 Å². The van der Waals surface area contributed by atoms with Crippen molar-refractivity contribution >= 4 is 17.5 Å². The number of ether oxygens (including phenoxy) is 2. The fourth-order valence-electron chi connectivity index (χ4n) is 3.46. The number of amides is 2. The minimum absolute atomic E-state index is 0.0767. The third kappa shape index (κ3) is 3.32. The van der Waals surface area contributed by atoms with Gasteiger partial charge in [0.15, 0.2) is 17.3 Å². The number of anilines is 1. The Balaban J connectivity index is 1.87. The highest BCUT2D eigenvalue weighted by molar-refractivity contribution is 6.33. The molecule has 2 amide bonds.